The first-order valence-electron chi connectivity index (χ1n) is 4.39. The number of aromatic nitrogens is 1. The smallest absolute Gasteiger partial charge is 0.227 e. The molecule has 2 rings (SSSR count). The molecule has 0 fully saturated rings. The van der Waals surface area contributed by atoms with Crippen LogP contribution in [-0.4, -0.2) is 10.1 Å². The molecule has 1 N–H and O–H groups in total. The van der Waals surface area contributed by atoms with Gasteiger partial charge in [-0.2, -0.15) is 5.26 Å². The number of benzene rings is 1. The Morgan fingerprint density at radius 3 is 2.60 bits per heavy atom. The van der Waals surface area contributed by atoms with Crippen molar-refractivity contribution in [2.24, 2.45) is 0 Å². The molecule has 4 nitrogen and oxygen atoms in total. The van der Waals surface area contributed by atoms with Gasteiger partial charge in [0.25, 0.3) is 0 Å². The van der Waals surface area contributed by atoms with E-state index in [1.807, 2.05) is 6.07 Å². The minimum atomic E-state index is -0.882. The number of nitrogens with zero attached hydrogens (tertiary/aromatic N) is 2. The van der Waals surface area contributed by atoms with Crippen LogP contribution in [-0.2, 0) is 0 Å². The van der Waals surface area contributed by atoms with Gasteiger partial charge < -0.3 is 9.52 Å². The maximum atomic E-state index is 9.81. The summed E-state index contributed by atoms with van der Waals surface area (Å²) in [5.41, 5.74) is 1.20. The predicted molar refractivity (Wildman–Crippen MR) is 51.7 cm³/mol. The van der Waals surface area contributed by atoms with Gasteiger partial charge in [-0.05, 0) is 17.7 Å². The summed E-state index contributed by atoms with van der Waals surface area (Å²) >= 11 is 0. The zero-order valence-corrected chi connectivity index (χ0v) is 7.79. The van der Waals surface area contributed by atoms with E-state index in [0.717, 1.165) is 0 Å². The first kappa shape index (κ1) is 9.44. The van der Waals surface area contributed by atoms with Crippen molar-refractivity contribution in [3.05, 3.63) is 53.7 Å². The highest BCUT2D eigenvalue weighted by molar-refractivity contribution is 5.33. The zero-order valence-electron chi connectivity index (χ0n) is 7.79. The van der Waals surface area contributed by atoms with Crippen molar-refractivity contribution in [1.29, 1.82) is 5.26 Å². The molecule has 1 aromatic heterocycles. The van der Waals surface area contributed by atoms with E-state index in [1.165, 1.54) is 12.5 Å². The maximum absolute atomic E-state index is 9.81. The first-order valence-corrected chi connectivity index (χ1v) is 4.39. The summed E-state index contributed by atoms with van der Waals surface area (Å²) < 4.78 is 4.98. The second-order valence-corrected chi connectivity index (χ2v) is 3.01. The van der Waals surface area contributed by atoms with Crippen LogP contribution in [0, 0.1) is 11.3 Å². The second-order valence-electron chi connectivity index (χ2n) is 3.01. The fraction of sp³-hybridized carbons (Fsp3) is 0.0909. The summed E-state index contributed by atoms with van der Waals surface area (Å²) in [5.74, 6) is 0.250. The van der Waals surface area contributed by atoms with Crippen LogP contribution in [0.5, 0.6) is 0 Å². The van der Waals surface area contributed by atoms with E-state index in [2.05, 4.69) is 4.98 Å². The van der Waals surface area contributed by atoms with Gasteiger partial charge in [0.2, 0.25) is 5.89 Å². The molecule has 4 heteroatoms. The van der Waals surface area contributed by atoms with Gasteiger partial charge >= 0.3 is 0 Å². The van der Waals surface area contributed by atoms with Crippen molar-refractivity contribution < 1.29 is 9.52 Å². The minimum Gasteiger partial charge on any atom is -0.446 e. The molecule has 0 saturated carbocycles. The lowest BCUT2D eigenvalue weighted by atomic mass is 10.1. The van der Waals surface area contributed by atoms with Gasteiger partial charge in [-0.15, -0.1) is 0 Å². The number of rotatable bonds is 2. The standard InChI is InChI=1S/C11H8N2O2/c12-7-8-1-3-9(4-2-8)10(14)11-13-5-6-15-11/h1-6,10,14H. The number of hydrogen-bond donors (Lipinski definition) is 1. The van der Waals surface area contributed by atoms with E-state index in [0.29, 0.717) is 11.1 Å². The first-order chi connectivity index (χ1) is 7.31. The molecule has 0 aliphatic rings. The SMILES string of the molecule is N#Cc1ccc(C(O)c2ncco2)cc1. The number of oxazole rings is 1. The summed E-state index contributed by atoms with van der Waals surface area (Å²) in [7, 11) is 0. The van der Waals surface area contributed by atoms with Crippen molar-refractivity contribution >= 4 is 0 Å². The molecule has 1 heterocycles. The fourth-order valence-corrected chi connectivity index (χ4v) is 1.25. The fourth-order valence-electron chi connectivity index (χ4n) is 1.25. The Morgan fingerprint density at radius 1 is 1.33 bits per heavy atom. The number of hydrogen-bond acceptors (Lipinski definition) is 4. The van der Waals surface area contributed by atoms with Crippen molar-refractivity contribution in [2.75, 3.05) is 0 Å². The molecule has 0 spiro atoms. The average Bonchev–Trinajstić information content (AvgIpc) is 2.82. The van der Waals surface area contributed by atoms with Gasteiger partial charge in [0.1, 0.15) is 6.26 Å². The van der Waals surface area contributed by atoms with Gasteiger partial charge in [-0.25, -0.2) is 4.98 Å². The lowest BCUT2D eigenvalue weighted by Crippen LogP contribution is -1.99. The molecule has 0 bridgehead atoms. The third-order valence-electron chi connectivity index (χ3n) is 2.04. The second kappa shape index (κ2) is 3.95. The molecule has 0 radical (unpaired) electrons. The van der Waals surface area contributed by atoms with Crippen LogP contribution in [0.1, 0.15) is 23.1 Å². The van der Waals surface area contributed by atoms with Crippen molar-refractivity contribution in [3.63, 3.8) is 0 Å². The third-order valence-corrected chi connectivity index (χ3v) is 2.04. The van der Waals surface area contributed by atoms with Crippen molar-refractivity contribution in [2.45, 2.75) is 6.10 Å². The summed E-state index contributed by atoms with van der Waals surface area (Å²) in [4.78, 5) is 3.85. The Labute approximate surface area is 86.4 Å². The van der Waals surface area contributed by atoms with E-state index in [4.69, 9.17) is 9.68 Å². The Bertz CT molecular complexity index is 468. The Balaban J connectivity index is 2.27. The van der Waals surface area contributed by atoms with Crippen LogP contribution in [0.25, 0.3) is 0 Å². The molecule has 0 aliphatic heterocycles. The summed E-state index contributed by atoms with van der Waals surface area (Å²) in [5, 5.41) is 18.4. The molecule has 15 heavy (non-hydrogen) atoms. The van der Waals surface area contributed by atoms with Crippen molar-refractivity contribution in [3.8, 4) is 6.07 Å². The summed E-state index contributed by atoms with van der Waals surface area (Å²) in [6.45, 7) is 0. The van der Waals surface area contributed by atoms with E-state index in [-0.39, 0.29) is 5.89 Å². The van der Waals surface area contributed by atoms with Crippen LogP contribution in [0.4, 0.5) is 0 Å². The lowest BCUT2D eigenvalue weighted by Gasteiger charge is -2.05. The normalized spacial score (nSPS) is 12.0. The molecule has 2 aromatic rings. The molecule has 0 amide bonds. The van der Waals surface area contributed by atoms with E-state index >= 15 is 0 Å². The summed E-state index contributed by atoms with van der Waals surface area (Å²) in [6.07, 6.45) is 2.00. The zero-order chi connectivity index (χ0) is 10.7. The molecule has 1 aromatic carbocycles. The van der Waals surface area contributed by atoms with Gasteiger partial charge in [-0.3, -0.25) is 0 Å². The largest absolute Gasteiger partial charge is 0.446 e. The number of aliphatic hydroxyl groups is 1. The monoisotopic (exact) mass is 200 g/mol. The van der Waals surface area contributed by atoms with Gasteiger partial charge in [-0.1, -0.05) is 12.1 Å². The molecular weight excluding hydrogens is 192 g/mol. The van der Waals surface area contributed by atoms with Gasteiger partial charge in [0.05, 0.1) is 17.8 Å². The maximum Gasteiger partial charge on any atom is 0.227 e. The van der Waals surface area contributed by atoms with Crippen LogP contribution < -0.4 is 0 Å². The highest BCUT2D eigenvalue weighted by Crippen LogP contribution is 2.20. The van der Waals surface area contributed by atoms with Crippen LogP contribution in [0.15, 0.2) is 41.1 Å². The van der Waals surface area contributed by atoms with E-state index < -0.39 is 6.10 Å². The molecule has 1 atom stereocenters. The topological polar surface area (TPSA) is 70.0 Å². The average molecular weight is 200 g/mol. The minimum absolute atomic E-state index is 0.250. The van der Waals surface area contributed by atoms with Gasteiger partial charge in [0.15, 0.2) is 6.10 Å². The third kappa shape index (κ3) is 1.87. The highest BCUT2D eigenvalue weighted by Gasteiger charge is 2.14. The van der Waals surface area contributed by atoms with Crippen LogP contribution >= 0.6 is 0 Å². The molecule has 74 valence electrons. The number of nitriles is 1. The predicted octanol–water partition coefficient (Wildman–Crippen LogP) is 1.63. The highest BCUT2D eigenvalue weighted by atomic mass is 16.4. The van der Waals surface area contributed by atoms with Crippen LogP contribution in [0.2, 0.25) is 0 Å². The van der Waals surface area contributed by atoms with E-state index in [9.17, 15) is 5.11 Å². The van der Waals surface area contributed by atoms with Crippen LogP contribution in [0.3, 0.4) is 0 Å². The molecule has 0 aliphatic carbocycles. The quantitative estimate of drug-likeness (QED) is 0.799. The van der Waals surface area contributed by atoms with Crippen molar-refractivity contribution in [1.82, 2.24) is 4.98 Å². The van der Waals surface area contributed by atoms with E-state index in [1.54, 1.807) is 24.3 Å². The Kier molecular flexibility index (Phi) is 2.48. The lowest BCUT2D eigenvalue weighted by molar-refractivity contribution is 0.182. The molecule has 1 unspecified atom stereocenters. The Hall–Kier alpha value is -2.12. The molecule has 0 saturated heterocycles. The Morgan fingerprint density at radius 2 is 2.07 bits per heavy atom. The van der Waals surface area contributed by atoms with Gasteiger partial charge in [0, 0.05) is 0 Å². The summed E-state index contributed by atoms with van der Waals surface area (Å²) in [6, 6.07) is 8.64. The molecular formula is C11H8N2O2. The number of aliphatic hydroxyl groups excluding tert-OH is 1.